The summed E-state index contributed by atoms with van der Waals surface area (Å²) in [5.41, 5.74) is 1.32. The van der Waals surface area contributed by atoms with Crippen LogP contribution in [0.2, 0.25) is 10.2 Å². The van der Waals surface area contributed by atoms with Crippen molar-refractivity contribution in [3.63, 3.8) is 0 Å². The molecule has 0 aliphatic heterocycles. The first-order valence-electron chi connectivity index (χ1n) is 6.49. The third kappa shape index (κ3) is 4.12. The van der Waals surface area contributed by atoms with Gasteiger partial charge in [-0.25, -0.2) is 4.98 Å². The summed E-state index contributed by atoms with van der Waals surface area (Å²) in [5.74, 6) is -1.40. The van der Waals surface area contributed by atoms with E-state index in [1.807, 2.05) is 0 Å². The van der Waals surface area contributed by atoms with Gasteiger partial charge in [-0.1, -0.05) is 23.2 Å². The lowest BCUT2D eigenvalue weighted by Gasteiger charge is -2.12. The molecule has 6 nitrogen and oxygen atoms in total. The number of hydrogen-bond donors (Lipinski definition) is 2. The molecule has 23 heavy (non-hydrogen) atoms. The predicted octanol–water partition coefficient (Wildman–Crippen LogP) is 3.28. The zero-order valence-corrected chi connectivity index (χ0v) is 13.8. The molecule has 0 atom stereocenters. The third-order valence-corrected chi connectivity index (χ3v) is 3.65. The van der Waals surface area contributed by atoms with Gasteiger partial charge < -0.3 is 15.4 Å². The van der Waals surface area contributed by atoms with Crippen LogP contribution in [0.4, 0.5) is 11.4 Å². The van der Waals surface area contributed by atoms with Crippen LogP contribution in [0.3, 0.4) is 0 Å². The van der Waals surface area contributed by atoms with Gasteiger partial charge in [0.1, 0.15) is 5.75 Å². The van der Waals surface area contributed by atoms with Crippen LogP contribution in [-0.2, 0) is 9.59 Å². The molecule has 1 aromatic carbocycles. The maximum atomic E-state index is 12.0. The van der Waals surface area contributed by atoms with Crippen molar-refractivity contribution >= 4 is 46.4 Å². The smallest absolute Gasteiger partial charge is 0.314 e. The van der Waals surface area contributed by atoms with Crippen LogP contribution in [0.5, 0.6) is 5.75 Å². The molecule has 2 amide bonds. The van der Waals surface area contributed by atoms with Crippen molar-refractivity contribution in [1.29, 1.82) is 0 Å². The molecule has 0 fully saturated rings. The van der Waals surface area contributed by atoms with E-state index in [2.05, 4.69) is 15.6 Å². The fraction of sp³-hybridized carbons (Fsp3) is 0.133. The van der Waals surface area contributed by atoms with Crippen LogP contribution in [0, 0.1) is 6.92 Å². The van der Waals surface area contributed by atoms with Gasteiger partial charge in [0.25, 0.3) is 0 Å². The normalized spacial score (nSPS) is 10.1. The van der Waals surface area contributed by atoms with Gasteiger partial charge >= 0.3 is 11.8 Å². The van der Waals surface area contributed by atoms with Crippen molar-refractivity contribution < 1.29 is 14.3 Å². The van der Waals surface area contributed by atoms with Crippen LogP contribution >= 0.6 is 23.2 Å². The number of nitrogens with one attached hydrogen (secondary N) is 2. The predicted molar refractivity (Wildman–Crippen MR) is 89.2 cm³/mol. The Balaban J connectivity index is 2.14. The number of methoxy groups -OCH3 is 1. The van der Waals surface area contributed by atoms with E-state index in [1.54, 1.807) is 25.1 Å². The lowest BCUT2D eigenvalue weighted by atomic mass is 10.2. The fourth-order valence-corrected chi connectivity index (χ4v) is 2.09. The molecule has 0 aliphatic rings. The number of aryl methyl sites for hydroxylation is 1. The highest BCUT2D eigenvalue weighted by atomic mass is 35.5. The van der Waals surface area contributed by atoms with Gasteiger partial charge in [0.2, 0.25) is 0 Å². The number of carbonyl (C=O) groups is 2. The number of nitrogens with zero attached hydrogens (tertiary/aromatic N) is 1. The van der Waals surface area contributed by atoms with Crippen LogP contribution in [0.25, 0.3) is 0 Å². The summed E-state index contributed by atoms with van der Waals surface area (Å²) in [6.07, 6.45) is 1.47. The standard InChI is InChI=1S/C15H13Cl2N3O3/c1-8-6-11(12(23-2)7-9(8)16)20-15(22)14(21)19-10-4-3-5-18-13(10)17/h3-7H,1-2H3,(H,19,21)(H,20,22). The lowest BCUT2D eigenvalue weighted by molar-refractivity contribution is -0.133. The van der Waals surface area contributed by atoms with E-state index in [0.29, 0.717) is 16.5 Å². The largest absolute Gasteiger partial charge is 0.495 e. The number of hydrogen-bond acceptors (Lipinski definition) is 4. The van der Waals surface area contributed by atoms with Crippen molar-refractivity contribution in [3.05, 3.63) is 46.2 Å². The summed E-state index contributed by atoms with van der Waals surface area (Å²) in [6, 6.07) is 6.30. The molecule has 0 spiro atoms. The molecular formula is C15H13Cl2N3O3. The van der Waals surface area contributed by atoms with Crippen LogP contribution in [0.1, 0.15) is 5.56 Å². The molecule has 1 aromatic heterocycles. The quantitative estimate of drug-likeness (QED) is 0.655. The van der Waals surface area contributed by atoms with Gasteiger partial charge in [0, 0.05) is 17.3 Å². The Morgan fingerprint density at radius 2 is 1.78 bits per heavy atom. The summed E-state index contributed by atoms with van der Waals surface area (Å²) in [6.45, 7) is 1.77. The molecule has 1 heterocycles. The first kappa shape index (κ1) is 17.1. The number of amides is 2. The Hall–Kier alpha value is -2.31. The van der Waals surface area contributed by atoms with Crippen molar-refractivity contribution in [2.45, 2.75) is 6.92 Å². The van der Waals surface area contributed by atoms with Crippen molar-refractivity contribution in [1.82, 2.24) is 4.98 Å². The Labute approximate surface area is 142 Å². The minimum Gasteiger partial charge on any atom is -0.495 e. The van der Waals surface area contributed by atoms with E-state index in [9.17, 15) is 9.59 Å². The monoisotopic (exact) mass is 353 g/mol. The molecule has 120 valence electrons. The van der Waals surface area contributed by atoms with Gasteiger partial charge in [0.15, 0.2) is 5.15 Å². The summed E-state index contributed by atoms with van der Waals surface area (Å²) in [4.78, 5) is 27.8. The lowest BCUT2D eigenvalue weighted by Crippen LogP contribution is -2.29. The van der Waals surface area contributed by atoms with Gasteiger partial charge in [-0.2, -0.15) is 0 Å². The summed E-state index contributed by atoms with van der Waals surface area (Å²) in [5, 5.41) is 5.44. The number of aromatic nitrogens is 1. The first-order valence-corrected chi connectivity index (χ1v) is 7.25. The number of pyridine rings is 1. The van der Waals surface area contributed by atoms with Crippen LogP contribution in [0.15, 0.2) is 30.5 Å². The van der Waals surface area contributed by atoms with E-state index in [0.717, 1.165) is 5.56 Å². The minimum absolute atomic E-state index is 0.0913. The van der Waals surface area contributed by atoms with Gasteiger partial charge in [-0.15, -0.1) is 0 Å². The van der Waals surface area contributed by atoms with Crippen molar-refractivity contribution in [2.24, 2.45) is 0 Å². The molecule has 0 bridgehead atoms. The van der Waals surface area contributed by atoms with Gasteiger partial charge in [0.05, 0.1) is 18.5 Å². The molecule has 0 aliphatic carbocycles. The SMILES string of the molecule is COc1cc(Cl)c(C)cc1NC(=O)C(=O)Nc1cccnc1Cl. The highest BCUT2D eigenvalue weighted by Gasteiger charge is 2.18. The molecule has 0 radical (unpaired) electrons. The number of rotatable bonds is 3. The third-order valence-electron chi connectivity index (χ3n) is 2.94. The molecular weight excluding hydrogens is 341 g/mol. The van der Waals surface area contributed by atoms with Crippen molar-refractivity contribution in [3.8, 4) is 5.75 Å². The molecule has 2 N–H and O–H groups in total. The van der Waals surface area contributed by atoms with E-state index in [4.69, 9.17) is 27.9 Å². The highest BCUT2D eigenvalue weighted by molar-refractivity contribution is 6.44. The van der Waals surface area contributed by atoms with E-state index in [1.165, 1.54) is 19.4 Å². The average molecular weight is 354 g/mol. The summed E-state index contributed by atoms with van der Waals surface area (Å²) >= 11 is 11.8. The second kappa shape index (κ2) is 7.30. The molecule has 8 heteroatoms. The molecule has 0 unspecified atom stereocenters. The van der Waals surface area contributed by atoms with Crippen LogP contribution < -0.4 is 15.4 Å². The second-order valence-electron chi connectivity index (χ2n) is 4.55. The number of carbonyl (C=O) groups excluding carboxylic acids is 2. The summed E-state index contributed by atoms with van der Waals surface area (Å²) < 4.78 is 5.14. The highest BCUT2D eigenvalue weighted by Crippen LogP contribution is 2.31. The summed E-state index contributed by atoms with van der Waals surface area (Å²) in [7, 11) is 1.44. The zero-order chi connectivity index (χ0) is 17.0. The molecule has 2 rings (SSSR count). The Bertz CT molecular complexity index is 766. The average Bonchev–Trinajstić information content (AvgIpc) is 2.52. The second-order valence-corrected chi connectivity index (χ2v) is 5.32. The topological polar surface area (TPSA) is 80.3 Å². The molecule has 0 saturated carbocycles. The maximum Gasteiger partial charge on any atom is 0.314 e. The van der Waals surface area contributed by atoms with Crippen LogP contribution in [-0.4, -0.2) is 23.9 Å². The van der Waals surface area contributed by atoms with E-state index >= 15 is 0 Å². The Morgan fingerprint density at radius 3 is 2.39 bits per heavy atom. The molecule has 0 saturated heterocycles. The van der Waals surface area contributed by atoms with E-state index < -0.39 is 11.8 Å². The van der Waals surface area contributed by atoms with E-state index in [-0.39, 0.29) is 10.8 Å². The maximum absolute atomic E-state index is 12.0. The Kier molecular flexibility index (Phi) is 5.41. The van der Waals surface area contributed by atoms with Crippen molar-refractivity contribution in [2.75, 3.05) is 17.7 Å². The number of halogens is 2. The number of benzene rings is 1. The molecule has 2 aromatic rings. The Morgan fingerprint density at radius 1 is 1.13 bits per heavy atom. The minimum atomic E-state index is -0.880. The zero-order valence-electron chi connectivity index (χ0n) is 12.3. The number of anilines is 2. The van der Waals surface area contributed by atoms with Gasteiger partial charge in [-0.3, -0.25) is 9.59 Å². The first-order chi connectivity index (χ1) is 10.9. The fourth-order valence-electron chi connectivity index (χ4n) is 1.77. The van der Waals surface area contributed by atoms with Gasteiger partial charge in [-0.05, 0) is 30.7 Å². The number of ether oxygens (including phenoxy) is 1.